The average molecular weight is 313 g/mol. The third kappa shape index (κ3) is 1.98. The van der Waals surface area contributed by atoms with Crippen LogP contribution in [0.5, 0.6) is 0 Å². The fraction of sp³-hybridized carbons (Fsp3) is 0.556. The number of aromatic nitrogens is 2. The SMILES string of the molecule is C[C@@H]1[C@H]2C[C@@H](C[C@H]1Nc1c(C(=O)O)cnc3[nH]ccc13)C2(C)C. The lowest BCUT2D eigenvalue weighted by Gasteiger charge is -2.62. The van der Waals surface area contributed by atoms with E-state index in [9.17, 15) is 9.90 Å². The van der Waals surface area contributed by atoms with Gasteiger partial charge in [-0.2, -0.15) is 0 Å². The molecule has 0 spiro atoms. The molecule has 5 heteroatoms. The molecule has 0 aliphatic heterocycles. The number of carbonyl (C=O) groups is 1. The second-order valence-corrected chi connectivity index (χ2v) is 7.80. The van der Waals surface area contributed by atoms with E-state index < -0.39 is 5.97 Å². The number of aromatic carboxylic acids is 1. The highest BCUT2D eigenvalue weighted by molar-refractivity contribution is 6.03. The molecule has 0 saturated heterocycles. The summed E-state index contributed by atoms with van der Waals surface area (Å²) >= 11 is 0. The van der Waals surface area contributed by atoms with Gasteiger partial charge in [0.25, 0.3) is 0 Å². The minimum absolute atomic E-state index is 0.253. The Morgan fingerprint density at radius 2 is 2.22 bits per heavy atom. The number of nitrogens with zero attached hydrogens (tertiary/aromatic N) is 1. The van der Waals surface area contributed by atoms with Gasteiger partial charge in [0, 0.05) is 23.8 Å². The smallest absolute Gasteiger partial charge is 0.339 e. The third-order valence-electron chi connectivity index (χ3n) is 6.50. The van der Waals surface area contributed by atoms with E-state index >= 15 is 0 Å². The number of hydrogen-bond acceptors (Lipinski definition) is 3. The number of carboxylic acid groups (broad SMARTS) is 1. The van der Waals surface area contributed by atoms with E-state index in [0.717, 1.165) is 29.3 Å². The van der Waals surface area contributed by atoms with Crippen LogP contribution in [0.3, 0.4) is 0 Å². The average Bonchev–Trinajstić information content (AvgIpc) is 2.97. The van der Waals surface area contributed by atoms with Crippen LogP contribution in [0.15, 0.2) is 18.5 Å². The number of aromatic amines is 1. The molecule has 0 amide bonds. The van der Waals surface area contributed by atoms with Gasteiger partial charge in [0.2, 0.25) is 0 Å². The van der Waals surface area contributed by atoms with Crippen LogP contribution in [0, 0.1) is 23.2 Å². The van der Waals surface area contributed by atoms with Crippen LogP contribution in [0.2, 0.25) is 0 Å². The van der Waals surface area contributed by atoms with Crippen molar-refractivity contribution in [2.75, 3.05) is 5.32 Å². The van der Waals surface area contributed by atoms with Crippen LogP contribution in [-0.2, 0) is 0 Å². The first kappa shape index (κ1) is 14.5. The van der Waals surface area contributed by atoms with Gasteiger partial charge in [-0.1, -0.05) is 20.8 Å². The largest absolute Gasteiger partial charge is 0.478 e. The van der Waals surface area contributed by atoms with Crippen molar-refractivity contribution in [3.63, 3.8) is 0 Å². The molecule has 3 aliphatic carbocycles. The van der Waals surface area contributed by atoms with Gasteiger partial charge in [0.15, 0.2) is 0 Å². The molecule has 2 heterocycles. The van der Waals surface area contributed by atoms with Crippen molar-refractivity contribution in [3.8, 4) is 0 Å². The molecule has 23 heavy (non-hydrogen) atoms. The Kier molecular flexibility index (Phi) is 2.99. The Bertz CT molecular complexity index is 780. The number of pyridine rings is 1. The van der Waals surface area contributed by atoms with Crippen molar-refractivity contribution in [2.45, 2.75) is 39.7 Å². The summed E-state index contributed by atoms with van der Waals surface area (Å²) in [6.07, 6.45) is 5.67. The lowest BCUT2D eigenvalue weighted by Crippen LogP contribution is -2.58. The minimum atomic E-state index is -0.933. The Labute approximate surface area is 135 Å². The molecule has 3 N–H and O–H groups in total. The van der Waals surface area contributed by atoms with Crippen molar-refractivity contribution >= 4 is 22.7 Å². The zero-order chi connectivity index (χ0) is 16.4. The maximum atomic E-state index is 11.6. The first-order valence-electron chi connectivity index (χ1n) is 8.35. The molecule has 0 aromatic carbocycles. The van der Waals surface area contributed by atoms with Crippen molar-refractivity contribution in [1.82, 2.24) is 9.97 Å². The fourth-order valence-corrected chi connectivity index (χ4v) is 4.85. The van der Waals surface area contributed by atoms with Crippen LogP contribution in [0.25, 0.3) is 11.0 Å². The number of carboxylic acids is 1. The van der Waals surface area contributed by atoms with Crippen molar-refractivity contribution in [3.05, 3.63) is 24.0 Å². The van der Waals surface area contributed by atoms with E-state index in [0.29, 0.717) is 23.1 Å². The highest BCUT2D eigenvalue weighted by atomic mass is 16.4. The van der Waals surface area contributed by atoms with Crippen LogP contribution < -0.4 is 5.32 Å². The monoisotopic (exact) mass is 313 g/mol. The lowest BCUT2D eigenvalue weighted by molar-refractivity contribution is -0.105. The van der Waals surface area contributed by atoms with Crippen LogP contribution >= 0.6 is 0 Å². The molecule has 122 valence electrons. The summed E-state index contributed by atoms with van der Waals surface area (Å²) in [6, 6.07) is 2.22. The summed E-state index contributed by atoms with van der Waals surface area (Å²) in [7, 11) is 0. The van der Waals surface area contributed by atoms with Crippen LogP contribution in [-0.4, -0.2) is 27.1 Å². The summed E-state index contributed by atoms with van der Waals surface area (Å²) in [5.74, 6) is 1.06. The fourth-order valence-electron chi connectivity index (χ4n) is 4.85. The zero-order valence-electron chi connectivity index (χ0n) is 13.8. The Balaban J connectivity index is 1.69. The Morgan fingerprint density at radius 3 is 2.87 bits per heavy atom. The summed E-state index contributed by atoms with van der Waals surface area (Å²) in [5.41, 5.74) is 2.11. The molecular formula is C18H23N3O2. The van der Waals surface area contributed by atoms with Gasteiger partial charge in [0.1, 0.15) is 11.2 Å². The molecule has 3 saturated carbocycles. The van der Waals surface area contributed by atoms with Gasteiger partial charge in [-0.3, -0.25) is 0 Å². The molecule has 4 atom stereocenters. The number of anilines is 1. The highest BCUT2D eigenvalue weighted by Crippen LogP contribution is 2.61. The number of nitrogens with one attached hydrogen (secondary N) is 2. The Morgan fingerprint density at radius 1 is 1.43 bits per heavy atom. The molecule has 5 rings (SSSR count). The van der Waals surface area contributed by atoms with E-state index in [4.69, 9.17) is 0 Å². The van der Waals surface area contributed by atoms with E-state index in [1.807, 2.05) is 6.07 Å². The van der Waals surface area contributed by atoms with Gasteiger partial charge < -0.3 is 15.4 Å². The standard InChI is InChI=1S/C18H23N3O2/c1-9-13-6-10(18(13,2)3)7-14(9)21-15-11-4-5-19-16(11)20-8-12(15)17(22)23/h4-5,8-10,13-14H,6-7H2,1-3H3,(H,22,23)(H2,19,20,21)/t9-,10+,13-,14-/m1/s1. The van der Waals surface area contributed by atoms with Crippen molar-refractivity contribution < 1.29 is 9.90 Å². The molecule has 0 unspecified atom stereocenters. The molecule has 3 fully saturated rings. The molecule has 2 bridgehead atoms. The van der Waals surface area contributed by atoms with Gasteiger partial charge in [-0.15, -0.1) is 0 Å². The van der Waals surface area contributed by atoms with E-state index in [2.05, 4.69) is 36.1 Å². The topological polar surface area (TPSA) is 78.0 Å². The molecule has 3 aliphatic rings. The van der Waals surface area contributed by atoms with Gasteiger partial charge in [-0.25, -0.2) is 9.78 Å². The minimum Gasteiger partial charge on any atom is -0.478 e. The summed E-state index contributed by atoms with van der Waals surface area (Å²) in [6.45, 7) is 7.05. The quantitative estimate of drug-likeness (QED) is 0.806. The van der Waals surface area contributed by atoms with Crippen LogP contribution in [0.1, 0.15) is 44.0 Å². The predicted octanol–water partition coefficient (Wildman–Crippen LogP) is 3.74. The van der Waals surface area contributed by atoms with Crippen LogP contribution in [0.4, 0.5) is 5.69 Å². The molecule has 5 nitrogen and oxygen atoms in total. The molecule has 2 aromatic heterocycles. The normalized spacial score (nSPS) is 31.6. The van der Waals surface area contributed by atoms with Gasteiger partial charge >= 0.3 is 5.97 Å². The second kappa shape index (κ2) is 4.73. The van der Waals surface area contributed by atoms with Gasteiger partial charge in [-0.05, 0) is 42.1 Å². The first-order valence-corrected chi connectivity index (χ1v) is 8.35. The molecule has 0 radical (unpaired) electrons. The van der Waals surface area contributed by atoms with E-state index in [1.54, 1.807) is 6.20 Å². The maximum Gasteiger partial charge on any atom is 0.339 e. The second-order valence-electron chi connectivity index (χ2n) is 7.80. The molecule has 2 aromatic rings. The summed E-state index contributed by atoms with van der Waals surface area (Å²) in [5, 5.41) is 13.9. The number of H-pyrrole nitrogens is 1. The maximum absolute atomic E-state index is 11.6. The van der Waals surface area contributed by atoms with E-state index in [-0.39, 0.29) is 5.56 Å². The first-order chi connectivity index (χ1) is 10.9. The van der Waals surface area contributed by atoms with E-state index in [1.165, 1.54) is 12.6 Å². The summed E-state index contributed by atoms with van der Waals surface area (Å²) in [4.78, 5) is 18.9. The molecular weight excluding hydrogens is 290 g/mol. The lowest BCUT2D eigenvalue weighted by atomic mass is 9.45. The van der Waals surface area contributed by atoms with Gasteiger partial charge in [0.05, 0.1) is 5.69 Å². The van der Waals surface area contributed by atoms with Crippen molar-refractivity contribution in [1.29, 1.82) is 0 Å². The third-order valence-corrected chi connectivity index (χ3v) is 6.50. The number of rotatable bonds is 3. The van der Waals surface area contributed by atoms with Crippen molar-refractivity contribution in [2.24, 2.45) is 23.2 Å². The summed E-state index contributed by atoms with van der Waals surface area (Å²) < 4.78 is 0. The zero-order valence-corrected chi connectivity index (χ0v) is 13.8. The number of fused-ring (bicyclic) bond motifs is 3. The highest BCUT2D eigenvalue weighted by Gasteiger charge is 2.56. The Hall–Kier alpha value is -2.04. The number of hydrogen-bond donors (Lipinski definition) is 3. The predicted molar refractivity (Wildman–Crippen MR) is 89.6 cm³/mol.